The van der Waals surface area contributed by atoms with Crippen LogP contribution in [0.1, 0.15) is 30.5 Å². The van der Waals surface area contributed by atoms with Crippen molar-refractivity contribution in [2.24, 2.45) is 0 Å². The number of aryl methyl sites for hydroxylation is 1. The number of hydrogen-bond donors (Lipinski definition) is 2. The molecule has 0 aliphatic rings. The molecule has 0 saturated heterocycles. The highest BCUT2D eigenvalue weighted by molar-refractivity contribution is 5.89. The average molecular weight is 328 g/mol. The smallest absolute Gasteiger partial charge is 0.269 e. The van der Waals surface area contributed by atoms with Crippen molar-refractivity contribution in [3.63, 3.8) is 0 Å². The zero-order chi connectivity index (χ0) is 17.5. The second-order valence-electron chi connectivity index (χ2n) is 5.54. The lowest BCUT2D eigenvalue weighted by Crippen LogP contribution is -2.24. The van der Waals surface area contributed by atoms with Crippen LogP contribution in [0, 0.1) is 17.0 Å². The lowest BCUT2D eigenvalue weighted by atomic mass is 10.1. The molecule has 2 rings (SSSR count). The van der Waals surface area contributed by atoms with Crippen LogP contribution in [0.4, 0.5) is 11.5 Å². The van der Waals surface area contributed by atoms with Crippen LogP contribution in [0.5, 0.6) is 0 Å². The maximum absolute atomic E-state index is 11.9. The Kier molecular flexibility index (Phi) is 5.97. The van der Waals surface area contributed by atoms with Gasteiger partial charge in [-0.25, -0.2) is 4.98 Å². The van der Waals surface area contributed by atoms with Crippen LogP contribution >= 0.6 is 0 Å². The maximum atomic E-state index is 11.9. The Labute approximate surface area is 140 Å². The van der Waals surface area contributed by atoms with Crippen molar-refractivity contribution in [1.82, 2.24) is 10.3 Å². The Morgan fingerprint density at radius 2 is 1.96 bits per heavy atom. The van der Waals surface area contributed by atoms with Crippen molar-refractivity contribution in [3.05, 3.63) is 63.8 Å². The highest BCUT2D eigenvalue weighted by Crippen LogP contribution is 2.17. The number of anilines is 1. The van der Waals surface area contributed by atoms with Gasteiger partial charge in [-0.1, -0.05) is 18.2 Å². The van der Waals surface area contributed by atoms with Gasteiger partial charge in [0.05, 0.1) is 4.92 Å². The third-order valence-electron chi connectivity index (χ3n) is 3.59. The van der Waals surface area contributed by atoms with Gasteiger partial charge in [0.2, 0.25) is 5.91 Å². The van der Waals surface area contributed by atoms with Crippen LogP contribution in [-0.2, 0) is 4.79 Å². The lowest BCUT2D eigenvalue weighted by Gasteiger charge is -2.14. The van der Waals surface area contributed by atoms with Crippen molar-refractivity contribution < 1.29 is 9.72 Å². The first kappa shape index (κ1) is 17.6. The normalized spacial score (nSPS) is 11.8. The predicted molar refractivity (Wildman–Crippen MR) is 91.7 cm³/mol. The molecule has 2 N–H and O–H groups in total. The minimum Gasteiger partial charge on any atom is -0.311 e. The van der Waals surface area contributed by atoms with Crippen LogP contribution in [-0.4, -0.2) is 22.4 Å². The van der Waals surface area contributed by atoms with E-state index in [-0.39, 0.29) is 17.6 Å². The standard InChI is InChI=1S/C17H20N4O3/c1-12-3-8-16(19-11-12)20-17(22)9-10-18-13(2)14-4-6-15(7-5-14)21(23)24/h3-8,11,13,18H,9-10H2,1-2H3,(H,19,20,22). The van der Waals surface area contributed by atoms with E-state index in [1.807, 2.05) is 19.9 Å². The van der Waals surface area contributed by atoms with Crippen molar-refractivity contribution in [2.75, 3.05) is 11.9 Å². The van der Waals surface area contributed by atoms with Crippen molar-refractivity contribution in [1.29, 1.82) is 0 Å². The molecular weight excluding hydrogens is 308 g/mol. The highest BCUT2D eigenvalue weighted by Gasteiger charge is 2.09. The fourth-order valence-electron chi connectivity index (χ4n) is 2.15. The van der Waals surface area contributed by atoms with Gasteiger partial charge in [0, 0.05) is 37.3 Å². The fraction of sp³-hybridized carbons (Fsp3) is 0.294. The summed E-state index contributed by atoms with van der Waals surface area (Å²) in [7, 11) is 0. The number of nitro benzene ring substituents is 1. The Morgan fingerprint density at radius 3 is 2.54 bits per heavy atom. The third-order valence-corrected chi connectivity index (χ3v) is 3.59. The first-order chi connectivity index (χ1) is 11.5. The quantitative estimate of drug-likeness (QED) is 0.601. The lowest BCUT2D eigenvalue weighted by molar-refractivity contribution is -0.384. The molecule has 1 unspecified atom stereocenters. The van der Waals surface area contributed by atoms with Gasteiger partial charge in [-0.2, -0.15) is 0 Å². The molecule has 2 aromatic rings. The maximum Gasteiger partial charge on any atom is 0.269 e. The number of nitrogens with one attached hydrogen (secondary N) is 2. The number of carbonyl (C=O) groups is 1. The Hall–Kier alpha value is -2.80. The molecule has 7 nitrogen and oxygen atoms in total. The molecule has 0 saturated carbocycles. The second kappa shape index (κ2) is 8.16. The molecule has 0 spiro atoms. The number of benzene rings is 1. The first-order valence-electron chi connectivity index (χ1n) is 7.66. The largest absolute Gasteiger partial charge is 0.311 e. The summed E-state index contributed by atoms with van der Waals surface area (Å²) in [6.45, 7) is 4.37. The van der Waals surface area contributed by atoms with Gasteiger partial charge in [0.1, 0.15) is 5.82 Å². The molecule has 24 heavy (non-hydrogen) atoms. The summed E-state index contributed by atoms with van der Waals surface area (Å²) in [6.07, 6.45) is 2.01. The molecule has 0 aliphatic heterocycles. The summed E-state index contributed by atoms with van der Waals surface area (Å²) in [4.78, 5) is 26.2. The van der Waals surface area contributed by atoms with E-state index in [1.54, 1.807) is 24.4 Å². The second-order valence-corrected chi connectivity index (χ2v) is 5.54. The van der Waals surface area contributed by atoms with Gasteiger partial charge in [-0.15, -0.1) is 0 Å². The summed E-state index contributed by atoms with van der Waals surface area (Å²) >= 11 is 0. The Morgan fingerprint density at radius 1 is 1.25 bits per heavy atom. The monoisotopic (exact) mass is 328 g/mol. The molecule has 0 fully saturated rings. The predicted octanol–water partition coefficient (Wildman–Crippen LogP) is 2.98. The number of nitrogens with zero attached hydrogens (tertiary/aromatic N) is 2. The van der Waals surface area contributed by atoms with Crippen molar-refractivity contribution in [2.45, 2.75) is 26.3 Å². The summed E-state index contributed by atoms with van der Waals surface area (Å²) in [5.41, 5.74) is 2.03. The number of amides is 1. The number of nitro groups is 1. The summed E-state index contributed by atoms with van der Waals surface area (Å²) in [5.74, 6) is 0.420. The molecule has 1 amide bonds. The molecule has 1 aromatic carbocycles. The van der Waals surface area contributed by atoms with Crippen LogP contribution in [0.3, 0.4) is 0 Å². The summed E-state index contributed by atoms with van der Waals surface area (Å²) in [6, 6.07) is 10.0. The Balaban J connectivity index is 1.77. The van der Waals surface area contributed by atoms with E-state index in [4.69, 9.17) is 0 Å². The van der Waals surface area contributed by atoms with Crippen LogP contribution in [0.15, 0.2) is 42.6 Å². The van der Waals surface area contributed by atoms with E-state index in [2.05, 4.69) is 15.6 Å². The van der Waals surface area contributed by atoms with Gasteiger partial charge < -0.3 is 10.6 Å². The van der Waals surface area contributed by atoms with E-state index in [1.165, 1.54) is 12.1 Å². The molecule has 1 atom stereocenters. The topological polar surface area (TPSA) is 97.2 Å². The van der Waals surface area contributed by atoms with Crippen LogP contribution < -0.4 is 10.6 Å². The van der Waals surface area contributed by atoms with E-state index in [9.17, 15) is 14.9 Å². The summed E-state index contributed by atoms with van der Waals surface area (Å²) in [5, 5.41) is 16.6. The zero-order valence-corrected chi connectivity index (χ0v) is 13.7. The van der Waals surface area contributed by atoms with Gasteiger partial charge in [-0.3, -0.25) is 14.9 Å². The highest BCUT2D eigenvalue weighted by atomic mass is 16.6. The van der Waals surface area contributed by atoms with Gasteiger partial charge in [-0.05, 0) is 31.0 Å². The molecule has 1 heterocycles. The number of rotatable bonds is 7. The molecule has 1 aromatic heterocycles. The van der Waals surface area contributed by atoms with Crippen molar-refractivity contribution >= 4 is 17.4 Å². The van der Waals surface area contributed by atoms with Crippen molar-refractivity contribution in [3.8, 4) is 0 Å². The number of aromatic nitrogens is 1. The number of non-ortho nitro benzene ring substituents is 1. The van der Waals surface area contributed by atoms with E-state index >= 15 is 0 Å². The summed E-state index contributed by atoms with van der Waals surface area (Å²) < 4.78 is 0. The number of hydrogen-bond acceptors (Lipinski definition) is 5. The molecular formula is C17H20N4O3. The van der Waals surface area contributed by atoms with Gasteiger partial charge >= 0.3 is 0 Å². The van der Waals surface area contributed by atoms with Crippen LogP contribution in [0.25, 0.3) is 0 Å². The minimum atomic E-state index is -0.425. The molecule has 7 heteroatoms. The molecule has 0 radical (unpaired) electrons. The first-order valence-corrected chi connectivity index (χ1v) is 7.66. The fourth-order valence-corrected chi connectivity index (χ4v) is 2.15. The Bertz CT molecular complexity index is 699. The van der Waals surface area contributed by atoms with E-state index < -0.39 is 4.92 Å². The third kappa shape index (κ3) is 5.13. The number of carbonyl (C=O) groups excluding carboxylic acids is 1. The molecule has 126 valence electrons. The van der Waals surface area contributed by atoms with Gasteiger partial charge in [0.15, 0.2) is 0 Å². The molecule has 0 bridgehead atoms. The van der Waals surface area contributed by atoms with E-state index in [0.717, 1.165) is 11.1 Å². The number of pyridine rings is 1. The molecule has 0 aliphatic carbocycles. The van der Waals surface area contributed by atoms with Crippen LogP contribution in [0.2, 0.25) is 0 Å². The average Bonchev–Trinajstić information content (AvgIpc) is 2.57. The zero-order valence-electron chi connectivity index (χ0n) is 13.7. The SMILES string of the molecule is Cc1ccc(NC(=O)CCNC(C)c2ccc([N+](=O)[O-])cc2)nc1. The minimum absolute atomic E-state index is 0.00361. The van der Waals surface area contributed by atoms with E-state index in [0.29, 0.717) is 18.8 Å². The van der Waals surface area contributed by atoms with Gasteiger partial charge in [0.25, 0.3) is 5.69 Å².